The molecule has 0 heterocycles. The van der Waals surface area contributed by atoms with Crippen LogP contribution in [0.15, 0.2) is 0 Å². The lowest BCUT2D eigenvalue weighted by molar-refractivity contribution is -0.0193. The molecular formula is C25H51FO. The van der Waals surface area contributed by atoms with E-state index < -0.39 is 6.36 Å². The highest BCUT2D eigenvalue weighted by Crippen LogP contribution is 2.23. The Morgan fingerprint density at radius 2 is 0.741 bits per heavy atom. The van der Waals surface area contributed by atoms with Crippen LogP contribution in [0.1, 0.15) is 149 Å². The molecule has 1 nitrogen and oxygen atoms in total. The van der Waals surface area contributed by atoms with Crippen LogP contribution in [-0.2, 0) is 0 Å². The van der Waals surface area contributed by atoms with Gasteiger partial charge in [-0.3, -0.25) is 0 Å². The molecule has 0 aliphatic heterocycles. The van der Waals surface area contributed by atoms with E-state index in [2.05, 4.69) is 13.8 Å². The first-order valence-electron chi connectivity index (χ1n) is 12.5. The van der Waals surface area contributed by atoms with Crippen LogP contribution in [0.5, 0.6) is 0 Å². The molecule has 0 aliphatic carbocycles. The van der Waals surface area contributed by atoms with Crippen LogP contribution in [0.3, 0.4) is 0 Å². The Bertz CT molecular complexity index is 267. The zero-order valence-corrected chi connectivity index (χ0v) is 18.8. The van der Waals surface area contributed by atoms with E-state index in [-0.39, 0.29) is 5.92 Å². The number of hydrogen-bond acceptors (Lipinski definition) is 1. The summed E-state index contributed by atoms with van der Waals surface area (Å²) in [5.74, 6) is -0.121. The van der Waals surface area contributed by atoms with Gasteiger partial charge in [0, 0.05) is 5.92 Å². The summed E-state index contributed by atoms with van der Waals surface area (Å²) in [6, 6.07) is 0. The van der Waals surface area contributed by atoms with Crippen LogP contribution >= 0.6 is 0 Å². The quantitative estimate of drug-likeness (QED) is 0.184. The fourth-order valence-corrected chi connectivity index (χ4v) is 4.03. The second-order valence-electron chi connectivity index (χ2n) is 8.72. The van der Waals surface area contributed by atoms with Gasteiger partial charge in [-0.1, -0.05) is 136 Å². The second-order valence-corrected chi connectivity index (χ2v) is 8.72. The zero-order valence-electron chi connectivity index (χ0n) is 18.8. The minimum Gasteiger partial charge on any atom is -0.364 e. The van der Waals surface area contributed by atoms with E-state index in [1.54, 1.807) is 0 Å². The average Bonchev–Trinajstić information content (AvgIpc) is 2.66. The molecule has 2 unspecified atom stereocenters. The van der Waals surface area contributed by atoms with Crippen molar-refractivity contribution in [2.24, 2.45) is 5.92 Å². The molecule has 2 atom stereocenters. The molecule has 27 heavy (non-hydrogen) atoms. The fraction of sp³-hybridized carbons (Fsp3) is 1.00. The van der Waals surface area contributed by atoms with Crippen LogP contribution in [0.2, 0.25) is 0 Å². The molecule has 1 N–H and O–H groups in total. The number of aliphatic hydroxyl groups excluding tert-OH is 1. The van der Waals surface area contributed by atoms with Crippen molar-refractivity contribution in [2.45, 2.75) is 155 Å². The Balaban J connectivity index is 3.35. The highest BCUT2D eigenvalue weighted by Gasteiger charge is 2.17. The molecule has 0 aliphatic rings. The molecular weight excluding hydrogens is 335 g/mol. The van der Waals surface area contributed by atoms with Gasteiger partial charge in [-0.2, -0.15) is 0 Å². The van der Waals surface area contributed by atoms with Crippen LogP contribution in [0.4, 0.5) is 4.39 Å². The lowest BCUT2D eigenvalue weighted by atomic mass is 9.94. The normalized spacial score (nSPS) is 13.8. The van der Waals surface area contributed by atoms with Crippen molar-refractivity contribution in [1.29, 1.82) is 0 Å². The molecule has 0 rings (SSSR count). The smallest absolute Gasteiger partial charge is 0.199 e. The van der Waals surface area contributed by atoms with Gasteiger partial charge in [-0.05, 0) is 12.8 Å². The topological polar surface area (TPSA) is 20.2 Å². The van der Waals surface area contributed by atoms with Crippen molar-refractivity contribution in [3.8, 4) is 0 Å². The third kappa shape index (κ3) is 20.4. The standard InChI is InChI=1S/C25H51FO/c1-3-5-7-9-10-11-12-13-14-15-16-17-19-21-23-24(25(26)27)22-20-18-8-6-4-2/h24-25,27H,3-23H2,1-2H3. The van der Waals surface area contributed by atoms with Crippen LogP contribution < -0.4 is 0 Å². The summed E-state index contributed by atoms with van der Waals surface area (Å²) in [7, 11) is 0. The van der Waals surface area contributed by atoms with E-state index in [1.165, 1.54) is 109 Å². The third-order valence-corrected chi connectivity index (χ3v) is 6.00. The summed E-state index contributed by atoms with van der Waals surface area (Å²) in [5, 5.41) is 9.35. The Kier molecular flexibility index (Phi) is 22.1. The van der Waals surface area contributed by atoms with Gasteiger partial charge in [0.1, 0.15) is 0 Å². The molecule has 0 aromatic heterocycles. The van der Waals surface area contributed by atoms with E-state index in [1.807, 2.05) is 0 Å². The first kappa shape index (κ1) is 26.9. The van der Waals surface area contributed by atoms with Crippen molar-refractivity contribution < 1.29 is 9.50 Å². The third-order valence-electron chi connectivity index (χ3n) is 6.00. The first-order valence-corrected chi connectivity index (χ1v) is 12.5. The summed E-state index contributed by atoms with van der Waals surface area (Å²) >= 11 is 0. The van der Waals surface area contributed by atoms with E-state index in [0.717, 1.165) is 25.7 Å². The first-order chi connectivity index (χ1) is 13.2. The maximum Gasteiger partial charge on any atom is 0.199 e. The average molecular weight is 387 g/mol. The predicted octanol–water partition coefficient (Wildman–Crippen LogP) is 9.12. The van der Waals surface area contributed by atoms with Gasteiger partial charge in [0.15, 0.2) is 6.36 Å². The van der Waals surface area contributed by atoms with E-state index in [9.17, 15) is 9.50 Å². The number of unbranched alkanes of at least 4 members (excludes halogenated alkanes) is 17. The number of aliphatic hydroxyl groups is 1. The summed E-state index contributed by atoms with van der Waals surface area (Å²) < 4.78 is 13.4. The van der Waals surface area contributed by atoms with E-state index in [4.69, 9.17) is 0 Å². The van der Waals surface area contributed by atoms with Crippen molar-refractivity contribution in [3.05, 3.63) is 0 Å². The monoisotopic (exact) mass is 386 g/mol. The molecule has 0 saturated carbocycles. The zero-order chi connectivity index (χ0) is 20.0. The summed E-state index contributed by atoms with van der Waals surface area (Å²) in [4.78, 5) is 0. The van der Waals surface area contributed by atoms with Gasteiger partial charge < -0.3 is 5.11 Å². The van der Waals surface area contributed by atoms with Gasteiger partial charge in [0.2, 0.25) is 0 Å². The largest absolute Gasteiger partial charge is 0.364 e. The summed E-state index contributed by atoms with van der Waals surface area (Å²) in [5.41, 5.74) is 0. The molecule has 0 aromatic carbocycles. The Hall–Kier alpha value is -0.110. The summed E-state index contributed by atoms with van der Waals surface area (Å²) in [6.07, 6.45) is 25.1. The fourth-order valence-electron chi connectivity index (χ4n) is 4.03. The van der Waals surface area contributed by atoms with Gasteiger partial charge >= 0.3 is 0 Å². The molecule has 164 valence electrons. The maximum absolute atomic E-state index is 13.4. The van der Waals surface area contributed by atoms with E-state index >= 15 is 0 Å². The highest BCUT2D eigenvalue weighted by atomic mass is 19.1. The van der Waals surface area contributed by atoms with Crippen LogP contribution in [0, 0.1) is 5.92 Å². The molecule has 0 saturated heterocycles. The minimum atomic E-state index is -1.61. The highest BCUT2D eigenvalue weighted by molar-refractivity contribution is 4.62. The van der Waals surface area contributed by atoms with Gasteiger partial charge in [0.25, 0.3) is 0 Å². The van der Waals surface area contributed by atoms with Crippen LogP contribution in [0.25, 0.3) is 0 Å². The predicted molar refractivity (Wildman–Crippen MR) is 119 cm³/mol. The molecule has 0 aromatic rings. The number of rotatable bonds is 22. The lowest BCUT2D eigenvalue weighted by Crippen LogP contribution is -2.15. The summed E-state index contributed by atoms with van der Waals surface area (Å²) in [6.45, 7) is 4.49. The molecule has 0 radical (unpaired) electrons. The SMILES string of the molecule is CCCCCCCCCCCCCCCCC(CCCCCCC)C(O)F. The number of hydrogen-bond donors (Lipinski definition) is 1. The lowest BCUT2D eigenvalue weighted by Gasteiger charge is -2.17. The minimum absolute atomic E-state index is 0.121. The Morgan fingerprint density at radius 1 is 0.481 bits per heavy atom. The van der Waals surface area contributed by atoms with Crippen molar-refractivity contribution in [3.63, 3.8) is 0 Å². The molecule has 2 heteroatoms. The molecule has 0 fully saturated rings. The molecule has 0 amide bonds. The van der Waals surface area contributed by atoms with Gasteiger partial charge in [0.05, 0.1) is 0 Å². The Morgan fingerprint density at radius 3 is 1.00 bits per heavy atom. The molecule has 0 spiro atoms. The Labute approximate surface area is 170 Å². The number of halogens is 1. The maximum atomic E-state index is 13.4. The second kappa shape index (κ2) is 22.2. The number of alkyl halides is 1. The van der Waals surface area contributed by atoms with Crippen molar-refractivity contribution in [2.75, 3.05) is 0 Å². The van der Waals surface area contributed by atoms with Gasteiger partial charge in [-0.15, -0.1) is 0 Å². The van der Waals surface area contributed by atoms with E-state index in [0.29, 0.717) is 0 Å². The van der Waals surface area contributed by atoms with Crippen molar-refractivity contribution in [1.82, 2.24) is 0 Å². The van der Waals surface area contributed by atoms with Crippen LogP contribution in [-0.4, -0.2) is 11.5 Å². The van der Waals surface area contributed by atoms with Crippen molar-refractivity contribution >= 4 is 0 Å². The molecule has 0 bridgehead atoms. The van der Waals surface area contributed by atoms with Gasteiger partial charge in [-0.25, -0.2) is 4.39 Å².